The summed E-state index contributed by atoms with van der Waals surface area (Å²) in [6, 6.07) is 15.0. The number of hydrogen-bond donors (Lipinski definition) is 2. The summed E-state index contributed by atoms with van der Waals surface area (Å²) in [7, 11) is -4.03. The van der Waals surface area contributed by atoms with Crippen molar-refractivity contribution in [2.75, 3.05) is 10.0 Å². The van der Waals surface area contributed by atoms with Gasteiger partial charge in [0.2, 0.25) is 5.95 Å². The van der Waals surface area contributed by atoms with Crippen LogP contribution in [0.25, 0.3) is 21.8 Å². The van der Waals surface area contributed by atoms with Crippen molar-refractivity contribution in [3.8, 4) is 21.8 Å². The largest absolute Gasteiger partial charge is 0.323 e. The van der Waals surface area contributed by atoms with Crippen LogP contribution < -0.4 is 10.0 Å². The maximum atomic E-state index is 14.9. The molecule has 0 unspecified atom stereocenters. The van der Waals surface area contributed by atoms with E-state index in [0.717, 1.165) is 21.3 Å². The van der Waals surface area contributed by atoms with E-state index in [9.17, 15) is 12.8 Å². The van der Waals surface area contributed by atoms with Gasteiger partial charge in [-0.3, -0.25) is 9.71 Å². The summed E-state index contributed by atoms with van der Waals surface area (Å²) < 4.78 is 43.7. The Kier molecular flexibility index (Phi) is 9.09. The fourth-order valence-corrected chi connectivity index (χ4v) is 6.62. The average molecular weight is 591 g/mol. The first-order valence-corrected chi connectivity index (χ1v) is 15.3. The molecule has 0 atom stereocenters. The van der Waals surface area contributed by atoms with Crippen molar-refractivity contribution in [1.82, 2.24) is 19.9 Å². The molecule has 41 heavy (non-hydrogen) atoms. The molecular weight excluding hydrogens is 560 g/mol. The van der Waals surface area contributed by atoms with Crippen LogP contribution in [0.3, 0.4) is 0 Å². The molecule has 0 saturated carbocycles. The molecule has 212 valence electrons. The summed E-state index contributed by atoms with van der Waals surface area (Å²) >= 11 is 1.43. The molecule has 0 bridgehead atoms. The van der Waals surface area contributed by atoms with E-state index < -0.39 is 15.8 Å². The summed E-state index contributed by atoms with van der Waals surface area (Å²) in [4.78, 5) is 18.8. The Bertz CT molecular complexity index is 1770. The topological polar surface area (TPSA) is 110 Å². The van der Waals surface area contributed by atoms with Gasteiger partial charge in [0.1, 0.15) is 5.82 Å². The van der Waals surface area contributed by atoms with Crippen molar-refractivity contribution >= 4 is 38.7 Å². The van der Waals surface area contributed by atoms with Crippen LogP contribution in [0.1, 0.15) is 35.7 Å². The highest BCUT2D eigenvalue weighted by atomic mass is 32.2. The second-order valence-electron chi connectivity index (χ2n) is 9.01. The number of halogens is 1. The van der Waals surface area contributed by atoms with Gasteiger partial charge in [0, 0.05) is 17.5 Å². The van der Waals surface area contributed by atoms with Gasteiger partial charge in [0.25, 0.3) is 10.0 Å². The number of nitrogens with zero attached hydrogens (tertiary/aromatic N) is 4. The first-order valence-electron chi connectivity index (χ1n) is 13.0. The number of benzene rings is 2. The molecular formula is C30H31FN6O2S2. The number of pyridine rings is 1. The van der Waals surface area contributed by atoms with E-state index in [1.54, 1.807) is 56.6 Å². The van der Waals surface area contributed by atoms with E-state index in [1.807, 2.05) is 39.8 Å². The normalized spacial score (nSPS) is 11.0. The Morgan fingerprint density at radius 1 is 0.878 bits per heavy atom. The van der Waals surface area contributed by atoms with Gasteiger partial charge in [-0.05, 0) is 75.2 Å². The smallest absolute Gasteiger partial charge is 0.262 e. The van der Waals surface area contributed by atoms with Gasteiger partial charge in [-0.25, -0.2) is 27.8 Å². The summed E-state index contributed by atoms with van der Waals surface area (Å²) in [6.45, 7) is 11.2. The quantitative estimate of drug-likeness (QED) is 0.201. The number of anilines is 3. The van der Waals surface area contributed by atoms with Crippen molar-refractivity contribution < 1.29 is 12.8 Å². The van der Waals surface area contributed by atoms with Gasteiger partial charge in [-0.1, -0.05) is 32.0 Å². The monoisotopic (exact) mass is 590 g/mol. The van der Waals surface area contributed by atoms with E-state index in [4.69, 9.17) is 0 Å². The molecule has 0 aliphatic carbocycles. The number of aromatic nitrogens is 4. The molecule has 2 N–H and O–H groups in total. The second kappa shape index (κ2) is 12.5. The van der Waals surface area contributed by atoms with Crippen LogP contribution in [0.4, 0.5) is 21.7 Å². The first kappa shape index (κ1) is 29.8. The minimum absolute atomic E-state index is 0.129. The van der Waals surface area contributed by atoms with Gasteiger partial charge >= 0.3 is 0 Å². The molecule has 2 aromatic carbocycles. The summed E-state index contributed by atoms with van der Waals surface area (Å²) in [5.74, 6) is -0.307. The van der Waals surface area contributed by atoms with Crippen LogP contribution in [0.2, 0.25) is 0 Å². The van der Waals surface area contributed by atoms with E-state index in [-0.39, 0.29) is 10.6 Å². The van der Waals surface area contributed by atoms with Crippen LogP contribution in [0, 0.1) is 33.5 Å². The molecule has 0 radical (unpaired) electrons. The lowest BCUT2D eigenvalue weighted by Gasteiger charge is -2.14. The van der Waals surface area contributed by atoms with Crippen molar-refractivity contribution in [2.24, 2.45) is 0 Å². The maximum Gasteiger partial charge on any atom is 0.262 e. The number of aryl methyl sites for hydroxylation is 4. The fraction of sp³-hybridized carbons (Fsp3) is 0.200. The Balaban J connectivity index is 0.00000189. The minimum atomic E-state index is -4.03. The van der Waals surface area contributed by atoms with E-state index in [1.165, 1.54) is 23.5 Å². The van der Waals surface area contributed by atoms with E-state index in [2.05, 4.69) is 30.0 Å². The molecule has 0 aliphatic heterocycles. The van der Waals surface area contributed by atoms with Crippen LogP contribution in [-0.4, -0.2) is 28.4 Å². The number of sulfonamides is 1. The standard InChI is InChI=1S/C28H25FN6O2S2.C2H6/c1-16-6-5-7-17(2)27(16)39(36,37)35-24-14-20(9-11-22(24)29)25-26(38-19(4)32-25)23-12-13-30-28(34-23)33-21-10-8-18(3)31-15-21;1-2/h5-15,35H,1-4H3,(H,30,33,34);1-2H3. The first-order chi connectivity index (χ1) is 19.6. The zero-order valence-electron chi connectivity index (χ0n) is 23.7. The van der Waals surface area contributed by atoms with Crippen LogP contribution in [0.5, 0.6) is 0 Å². The number of rotatable bonds is 7. The van der Waals surface area contributed by atoms with Crippen molar-refractivity contribution in [3.63, 3.8) is 0 Å². The van der Waals surface area contributed by atoms with Gasteiger partial charge in [-0.15, -0.1) is 11.3 Å². The Morgan fingerprint density at radius 3 is 2.29 bits per heavy atom. The predicted molar refractivity (Wildman–Crippen MR) is 164 cm³/mol. The molecule has 3 aromatic heterocycles. The number of thiazole rings is 1. The number of hydrogen-bond acceptors (Lipinski definition) is 8. The van der Waals surface area contributed by atoms with Gasteiger partial charge < -0.3 is 5.32 Å². The van der Waals surface area contributed by atoms with E-state index in [0.29, 0.717) is 34.0 Å². The molecule has 5 rings (SSSR count). The molecule has 0 fully saturated rings. The molecule has 5 aromatic rings. The lowest BCUT2D eigenvalue weighted by molar-refractivity contribution is 0.597. The van der Waals surface area contributed by atoms with Crippen LogP contribution in [0.15, 0.2) is 71.9 Å². The minimum Gasteiger partial charge on any atom is -0.323 e. The molecule has 0 aliphatic rings. The lowest BCUT2D eigenvalue weighted by atomic mass is 10.1. The van der Waals surface area contributed by atoms with Crippen molar-refractivity contribution in [1.29, 1.82) is 0 Å². The Morgan fingerprint density at radius 2 is 1.61 bits per heavy atom. The molecule has 0 spiro atoms. The zero-order valence-corrected chi connectivity index (χ0v) is 25.3. The van der Waals surface area contributed by atoms with Crippen LogP contribution >= 0.6 is 11.3 Å². The summed E-state index contributed by atoms with van der Waals surface area (Å²) in [5, 5.41) is 3.92. The van der Waals surface area contributed by atoms with Gasteiger partial charge in [0.15, 0.2) is 0 Å². The second-order valence-corrected chi connectivity index (χ2v) is 11.8. The SMILES string of the molecule is CC.Cc1ccc(Nc2nccc(-c3sc(C)nc3-c3ccc(F)c(NS(=O)(=O)c4c(C)cccc4C)c3)n2)cn1. The molecule has 3 heterocycles. The molecule has 11 heteroatoms. The van der Waals surface area contributed by atoms with Crippen molar-refractivity contribution in [3.05, 3.63) is 94.6 Å². The summed E-state index contributed by atoms with van der Waals surface area (Å²) in [5.41, 5.74) is 4.36. The van der Waals surface area contributed by atoms with Gasteiger partial charge in [0.05, 0.1) is 43.7 Å². The van der Waals surface area contributed by atoms with Crippen molar-refractivity contribution in [2.45, 2.75) is 46.4 Å². The fourth-order valence-electron chi connectivity index (χ4n) is 4.18. The zero-order chi connectivity index (χ0) is 29.7. The van der Waals surface area contributed by atoms with Gasteiger partial charge in [-0.2, -0.15) is 0 Å². The number of nitrogens with one attached hydrogen (secondary N) is 2. The predicted octanol–water partition coefficient (Wildman–Crippen LogP) is 7.61. The van der Waals surface area contributed by atoms with Crippen LogP contribution in [-0.2, 0) is 10.0 Å². The third-order valence-electron chi connectivity index (χ3n) is 5.95. The average Bonchev–Trinajstić information content (AvgIpc) is 3.34. The molecule has 8 nitrogen and oxygen atoms in total. The highest BCUT2D eigenvalue weighted by molar-refractivity contribution is 7.92. The third-order valence-corrected chi connectivity index (χ3v) is 8.61. The highest BCUT2D eigenvalue weighted by Crippen LogP contribution is 2.38. The highest BCUT2D eigenvalue weighted by Gasteiger charge is 2.22. The Hall–Kier alpha value is -4.22. The Labute approximate surface area is 243 Å². The molecule has 0 saturated heterocycles. The maximum absolute atomic E-state index is 14.9. The lowest BCUT2D eigenvalue weighted by Crippen LogP contribution is -2.16. The van der Waals surface area contributed by atoms with E-state index >= 15 is 0 Å². The molecule has 0 amide bonds. The summed E-state index contributed by atoms with van der Waals surface area (Å²) in [6.07, 6.45) is 3.34. The third kappa shape index (κ3) is 6.75.